The number of carbonyl (C=O) groups is 1. The van der Waals surface area contributed by atoms with Crippen LogP contribution in [0.4, 0.5) is 24.5 Å². The summed E-state index contributed by atoms with van der Waals surface area (Å²) in [6.07, 6.45) is 3.24. The van der Waals surface area contributed by atoms with Crippen LogP contribution in [0, 0.1) is 17.5 Å². The molecule has 2 aromatic rings. The predicted molar refractivity (Wildman–Crippen MR) is 105 cm³/mol. The van der Waals surface area contributed by atoms with Gasteiger partial charge in [0.2, 0.25) is 5.91 Å². The first kappa shape index (κ1) is 19.6. The van der Waals surface area contributed by atoms with Gasteiger partial charge in [0.1, 0.15) is 24.0 Å². The third kappa shape index (κ3) is 4.05. The van der Waals surface area contributed by atoms with E-state index in [1.54, 1.807) is 11.0 Å². The predicted octanol–water partition coefficient (Wildman–Crippen LogP) is 4.86. The molecule has 0 radical (unpaired) electrons. The van der Waals surface area contributed by atoms with Crippen LogP contribution in [0.2, 0.25) is 5.02 Å². The van der Waals surface area contributed by atoms with Gasteiger partial charge in [0, 0.05) is 31.1 Å². The van der Waals surface area contributed by atoms with Crippen molar-refractivity contribution in [2.24, 2.45) is 0 Å². The summed E-state index contributed by atoms with van der Waals surface area (Å²) in [6.45, 7) is 1.23. The molecule has 4 rings (SSSR count). The zero-order valence-electron chi connectivity index (χ0n) is 15.4. The van der Waals surface area contributed by atoms with Crippen LogP contribution in [0.25, 0.3) is 0 Å². The van der Waals surface area contributed by atoms with Crippen molar-refractivity contribution < 1.29 is 22.7 Å². The molecule has 0 bridgehead atoms. The Morgan fingerprint density at radius 1 is 1.10 bits per heavy atom. The SMILES string of the molecule is O=C1CCc2c(OCC3=CCN(c4c(F)cc(F)cc4Cl)CC3)ccc(F)c2N1. The van der Waals surface area contributed by atoms with Crippen molar-refractivity contribution in [2.45, 2.75) is 19.3 Å². The van der Waals surface area contributed by atoms with Gasteiger partial charge in [0.25, 0.3) is 0 Å². The highest BCUT2D eigenvalue weighted by molar-refractivity contribution is 6.33. The van der Waals surface area contributed by atoms with Crippen LogP contribution < -0.4 is 15.0 Å². The van der Waals surface area contributed by atoms with Crippen LogP contribution in [0.15, 0.2) is 35.9 Å². The summed E-state index contributed by atoms with van der Waals surface area (Å²) < 4.78 is 47.2. The average Bonchev–Trinajstić information content (AvgIpc) is 2.68. The fraction of sp³-hybridized carbons (Fsp3) is 0.286. The third-order valence-corrected chi connectivity index (χ3v) is 5.39. The van der Waals surface area contributed by atoms with Gasteiger partial charge in [-0.05, 0) is 36.6 Å². The molecule has 2 heterocycles. The zero-order chi connectivity index (χ0) is 20.5. The molecule has 2 aliphatic rings. The Bertz CT molecular complexity index is 987. The zero-order valence-corrected chi connectivity index (χ0v) is 16.2. The normalized spacial score (nSPS) is 16.2. The fourth-order valence-corrected chi connectivity index (χ4v) is 3.93. The number of amides is 1. The Labute approximate surface area is 170 Å². The molecule has 0 saturated heterocycles. The molecule has 1 amide bonds. The Kier molecular flexibility index (Phi) is 5.41. The first-order valence-electron chi connectivity index (χ1n) is 9.24. The smallest absolute Gasteiger partial charge is 0.224 e. The standard InChI is InChI=1S/C21H18ClF3N2O2/c22-15-9-13(23)10-17(25)21(15)27-7-5-12(6-8-27)11-29-18-3-2-16(24)20-14(18)1-4-19(28)26-20/h2-3,5,9-10H,1,4,6-8,11H2,(H,26,28). The summed E-state index contributed by atoms with van der Waals surface area (Å²) in [5.41, 5.74) is 2.04. The topological polar surface area (TPSA) is 41.6 Å². The van der Waals surface area contributed by atoms with Crippen molar-refractivity contribution in [3.8, 4) is 5.75 Å². The maximum Gasteiger partial charge on any atom is 0.224 e. The second-order valence-electron chi connectivity index (χ2n) is 7.01. The summed E-state index contributed by atoms with van der Waals surface area (Å²) in [5, 5.41) is 2.59. The number of anilines is 2. The van der Waals surface area contributed by atoms with E-state index in [-0.39, 0.29) is 28.7 Å². The molecule has 0 saturated carbocycles. The number of carbonyl (C=O) groups excluding carboxylic acids is 1. The second-order valence-corrected chi connectivity index (χ2v) is 7.42. The molecule has 0 aliphatic carbocycles. The van der Waals surface area contributed by atoms with E-state index >= 15 is 0 Å². The van der Waals surface area contributed by atoms with Gasteiger partial charge in [0.15, 0.2) is 5.82 Å². The number of nitrogens with one attached hydrogen (secondary N) is 1. The van der Waals surface area contributed by atoms with Gasteiger partial charge in [-0.15, -0.1) is 0 Å². The molecule has 0 spiro atoms. The van der Waals surface area contributed by atoms with Crippen LogP contribution in [0.1, 0.15) is 18.4 Å². The molecule has 2 aliphatic heterocycles. The van der Waals surface area contributed by atoms with Gasteiger partial charge in [0.05, 0.1) is 16.4 Å². The molecular formula is C21H18ClF3N2O2. The van der Waals surface area contributed by atoms with Crippen LogP contribution in [-0.2, 0) is 11.2 Å². The van der Waals surface area contributed by atoms with Gasteiger partial charge < -0.3 is 15.0 Å². The number of hydrogen-bond donors (Lipinski definition) is 1. The van der Waals surface area contributed by atoms with Crippen molar-refractivity contribution in [1.29, 1.82) is 0 Å². The lowest BCUT2D eigenvalue weighted by atomic mass is 10.0. The molecule has 4 nitrogen and oxygen atoms in total. The van der Waals surface area contributed by atoms with E-state index in [0.717, 1.165) is 17.7 Å². The molecule has 0 unspecified atom stereocenters. The van der Waals surface area contributed by atoms with Crippen LogP contribution in [-0.4, -0.2) is 25.6 Å². The Hall–Kier alpha value is -2.67. The number of fused-ring (bicyclic) bond motifs is 1. The number of ether oxygens (including phenoxy) is 1. The molecule has 0 aromatic heterocycles. The second kappa shape index (κ2) is 7.99. The quantitative estimate of drug-likeness (QED) is 0.716. The van der Waals surface area contributed by atoms with Gasteiger partial charge >= 0.3 is 0 Å². The molecule has 8 heteroatoms. The minimum Gasteiger partial charge on any atom is -0.489 e. The Morgan fingerprint density at radius 2 is 1.93 bits per heavy atom. The first-order chi connectivity index (χ1) is 13.9. The minimum absolute atomic E-state index is 0.0376. The highest BCUT2D eigenvalue weighted by atomic mass is 35.5. The molecule has 1 N–H and O–H groups in total. The van der Waals surface area contributed by atoms with Crippen LogP contribution in [0.3, 0.4) is 0 Å². The number of hydrogen-bond acceptors (Lipinski definition) is 3. The van der Waals surface area contributed by atoms with E-state index in [1.807, 2.05) is 6.08 Å². The van der Waals surface area contributed by atoms with Gasteiger partial charge in [-0.3, -0.25) is 4.79 Å². The number of benzene rings is 2. The van der Waals surface area contributed by atoms with Crippen LogP contribution >= 0.6 is 11.6 Å². The van der Waals surface area contributed by atoms with Gasteiger partial charge in [-0.1, -0.05) is 17.7 Å². The first-order valence-corrected chi connectivity index (χ1v) is 9.61. The van der Waals surface area contributed by atoms with E-state index in [0.29, 0.717) is 43.9 Å². The summed E-state index contributed by atoms with van der Waals surface area (Å²) in [6, 6.07) is 4.75. The van der Waals surface area contributed by atoms with Crippen molar-refractivity contribution in [3.05, 3.63) is 64.0 Å². The van der Waals surface area contributed by atoms with E-state index in [1.165, 1.54) is 6.07 Å². The highest BCUT2D eigenvalue weighted by Crippen LogP contribution is 2.35. The lowest BCUT2D eigenvalue weighted by Crippen LogP contribution is -2.30. The lowest BCUT2D eigenvalue weighted by Gasteiger charge is -2.29. The van der Waals surface area contributed by atoms with Crippen molar-refractivity contribution in [3.63, 3.8) is 0 Å². The van der Waals surface area contributed by atoms with E-state index in [9.17, 15) is 18.0 Å². The largest absolute Gasteiger partial charge is 0.489 e. The van der Waals surface area contributed by atoms with E-state index in [4.69, 9.17) is 16.3 Å². The molecule has 29 heavy (non-hydrogen) atoms. The summed E-state index contributed by atoms with van der Waals surface area (Å²) in [5.74, 6) is -1.56. The molecule has 0 atom stereocenters. The summed E-state index contributed by atoms with van der Waals surface area (Å²) in [7, 11) is 0. The van der Waals surface area contributed by atoms with Crippen molar-refractivity contribution >= 4 is 28.9 Å². The van der Waals surface area contributed by atoms with Crippen molar-refractivity contribution in [2.75, 3.05) is 29.9 Å². The Balaban J connectivity index is 1.44. The summed E-state index contributed by atoms with van der Waals surface area (Å²) >= 11 is 6.01. The maximum atomic E-state index is 14.1. The van der Waals surface area contributed by atoms with Crippen molar-refractivity contribution in [1.82, 2.24) is 0 Å². The maximum absolute atomic E-state index is 14.1. The third-order valence-electron chi connectivity index (χ3n) is 5.10. The average molecular weight is 423 g/mol. The molecule has 152 valence electrons. The fourth-order valence-electron chi connectivity index (χ4n) is 3.61. The van der Waals surface area contributed by atoms with E-state index < -0.39 is 17.5 Å². The van der Waals surface area contributed by atoms with Gasteiger partial charge in [-0.2, -0.15) is 0 Å². The highest BCUT2D eigenvalue weighted by Gasteiger charge is 2.23. The van der Waals surface area contributed by atoms with Crippen LogP contribution in [0.5, 0.6) is 5.75 Å². The lowest BCUT2D eigenvalue weighted by molar-refractivity contribution is -0.116. The molecular weight excluding hydrogens is 405 g/mol. The van der Waals surface area contributed by atoms with E-state index in [2.05, 4.69) is 5.32 Å². The molecule has 2 aromatic carbocycles. The number of halogens is 4. The summed E-state index contributed by atoms with van der Waals surface area (Å²) in [4.78, 5) is 13.3. The number of nitrogens with zero attached hydrogens (tertiary/aromatic N) is 1. The minimum atomic E-state index is -0.711. The Morgan fingerprint density at radius 3 is 2.66 bits per heavy atom. The monoisotopic (exact) mass is 422 g/mol. The van der Waals surface area contributed by atoms with Gasteiger partial charge in [-0.25, -0.2) is 13.2 Å². The molecule has 0 fully saturated rings. The number of rotatable bonds is 4.